The number of hydrogen-bond donors (Lipinski definition) is 1. The zero-order valence-corrected chi connectivity index (χ0v) is 18.5. The second kappa shape index (κ2) is 9.88. The lowest BCUT2D eigenvalue weighted by molar-refractivity contribution is -0.113. The number of thioether (sulfide) groups is 1. The molecular formula is C22H18ClFN4O3S. The minimum absolute atomic E-state index is 0.0148. The summed E-state index contributed by atoms with van der Waals surface area (Å²) in [7, 11) is 1.60. The second-order valence-corrected chi connectivity index (χ2v) is 8.04. The lowest BCUT2D eigenvalue weighted by Crippen LogP contribution is -2.15. The highest BCUT2D eigenvalue weighted by molar-refractivity contribution is 7.99. The van der Waals surface area contributed by atoms with Gasteiger partial charge < -0.3 is 14.5 Å². The number of rotatable bonds is 8. The van der Waals surface area contributed by atoms with Gasteiger partial charge in [-0.3, -0.25) is 9.36 Å². The number of ether oxygens (including phenoxy) is 1. The van der Waals surface area contributed by atoms with Crippen LogP contribution in [0.1, 0.15) is 5.76 Å². The molecule has 0 aliphatic carbocycles. The van der Waals surface area contributed by atoms with E-state index in [0.717, 1.165) is 17.4 Å². The Morgan fingerprint density at radius 3 is 2.72 bits per heavy atom. The summed E-state index contributed by atoms with van der Waals surface area (Å²) in [5.41, 5.74) is 0.903. The van der Waals surface area contributed by atoms with Gasteiger partial charge in [0.1, 0.15) is 17.3 Å². The molecule has 10 heteroatoms. The number of amides is 1. The van der Waals surface area contributed by atoms with Gasteiger partial charge in [0, 0.05) is 10.6 Å². The van der Waals surface area contributed by atoms with E-state index in [-0.39, 0.29) is 22.4 Å². The first-order valence-corrected chi connectivity index (χ1v) is 10.9. The number of carbonyl (C=O) groups excluding carboxylic acids is 1. The molecule has 164 valence electrons. The zero-order valence-electron chi connectivity index (χ0n) is 16.9. The van der Waals surface area contributed by atoms with Crippen molar-refractivity contribution < 1.29 is 18.3 Å². The van der Waals surface area contributed by atoms with Crippen LogP contribution in [0, 0.1) is 5.82 Å². The Bertz CT molecular complexity index is 1210. The summed E-state index contributed by atoms with van der Waals surface area (Å²) in [6, 6.07) is 15.2. The van der Waals surface area contributed by atoms with Crippen LogP contribution < -0.4 is 10.1 Å². The minimum atomic E-state index is -0.598. The monoisotopic (exact) mass is 472 g/mol. The predicted molar refractivity (Wildman–Crippen MR) is 121 cm³/mol. The standard InChI is InChI=1S/C22H18ClFN4O3S/c1-30-16-7-4-14(5-8-16)21-26-27-22(28(21)12-17-3-2-10-31-17)32-13-20(29)25-19-9-6-15(23)11-18(19)24/h2-11H,12-13H2,1H3,(H,25,29). The Morgan fingerprint density at radius 2 is 2.03 bits per heavy atom. The molecule has 0 saturated carbocycles. The largest absolute Gasteiger partial charge is 0.497 e. The van der Waals surface area contributed by atoms with Crippen LogP contribution in [-0.4, -0.2) is 33.5 Å². The van der Waals surface area contributed by atoms with E-state index in [1.165, 1.54) is 23.9 Å². The number of hydrogen-bond acceptors (Lipinski definition) is 6. The molecule has 0 fully saturated rings. The summed E-state index contributed by atoms with van der Waals surface area (Å²) in [4.78, 5) is 12.4. The quantitative estimate of drug-likeness (QED) is 0.358. The summed E-state index contributed by atoms with van der Waals surface area (Å²) >= 11 is 6.94. The van der Waals surface area contributed by atoms with Crippen molar-refractivity contribution in [3.8, 4) is 17.1 Å². The molecule has 0 atom stereocenters. The molecule has 2 aromatic heterocycles. The fraction of sp³-hybridized carbons (Fsp3) is 0.136. The van der Waals surface area contributed by atoms with Gasteiger partial charge in [0.25, 0.3) is 0 Å². The first kappa shape index (κ1) is 21.9. The second-order valence-electron chi connectivity index (χ2n) is 6.66. The van der Waals surface area contributed by atoms with Gasteiger partial charge in [0.05, 0.1) is 31.4 Å². The molecule has 0 saturated heterocycles. The summed E-state index contributed by atoms with van der Waals surface area (Å²) in [6.07, 6.45) is 1.59. The van der Waals surface area contributed by atoms with E-state index in [4.69, 9.17) is 20.8 Å². The van der Waals surface area contributed by atoms with E-state index in [1.807, 2.05) is 34.9 Å². The van der Waals surface area contributed by atoms with Crippen molar-refractivity contribution in [1.29, 1.82) is 0 Å². The Labute approximate surface area is 192 Å². The molecule has 2 aromatic carbocycles. The summed E-state index contributed by atoms with van der Waals surface area (Å²) in [5, 5.41) is 11.9. The van der Waals surface area contributed by atoms with Crippen LogP contribution in [0.4, 0.5) is 10.1 Å². The van der Waals surface area contributed by atoms with Gasteiger partial charge in [-0.15, -0.1) is 10.2 Å². The van der Waals surface area contributed by atoms with Crippen LogP contribution in [0.3, 0.4) is 0 Å². The fourth-order valence-corrected chi connectivity index (χ4v) is 3.85. The minimum Gasteiger partial charge on any atom is -0.497 e. The SMILES string of the molecule is COc1ccc(-c2nnc(SCC(=O)Nc3ccc(Cl)cc3F)n2Cc2ccco2)cc1. The van der Waals surface area contributed by atoms with Gasteiger partial charge in [0.2, 0.25) is 5.91 Å². The van der Waals surface area contributed by atoms with Crippen LogP contribution in [-0.2, 0) is 11.3 Å². The molecule has 32 heavy (non-hydrogen) atoms. The fourth-order valence-electron chi connectivity index (χ4n) is 2.96. The molecule has 4 aromatic rings. The maximum absolute atomic E-state index is 13.9. The van der Waals surface area contributed by atoms with E-state index in [1.54, 1.807) is 19.4 Å². The van der Waals surface area contributed by atoms with E-state index in [9.17, 15) is 9.18 Å². The van der Waals surface area contributed by atoms with Crippen molar-refractivity contribution in [2.45, 2.75) is 11.7 Å². The van der Waals surface area contributed by atoms with Gasteiger partial charge in [-0.1, -0.05) is 23.4 Å². The molecule has 0 spiro atoms. The molecule has 7 nitrogen and oxygen atoms in total. The third kappa shape index (κ3) is 5.12. The number of furan rings is 1. The number of nitrogens with one attached hydrogen (secondary N) is 1. The van der Waals surface area contributed by atoms with E-state index in [2.05, 4.69) is 15.5 Å². The van der Waals surface area contributed by atoms with Crippen LogP contribution in [0.2, 0.25) is 5.02 Å². The van der Waals surface area contributed by atoms with Crippen molar-refractivity contribution >= 4 is 35.0 Å². The molecule has 1 amide bonds. The van der Waals surface area contributed by atoms with Crippen molar-refractivity contribution in [2.75, 3.05) is 18.2 Å². The average Bonchev–Trinajstić information content (AvgIpc) is 3.45. The third-order valence-electron chi connectivity index (χ3n) is 4.50. The number of methoxy groups -OCH3 is 1. The maximum Gasteiger partial charge on any atom is 0.234 e. The van der Waals surface area contributed by atoms with Crippen molar-refractivity contribution in [2.24, 2.45) is 0 Å². The molecule has 0 aliphatic rings. The van der Waals surface area contributed by atoms with Gasteiger partial charge in [-0.2, -0.15) is 0 Å². The lowest BCUT2D eigenvalue weighted by atomic mass is 10.2. The first-order valence-electron chi connectivity index (χ1n) is 9.51. The Balaban J connectivity index is 1.53. The number of benzene rings is 2. The van der Waals surface area contributed by atoms with Crippen LogP contribution in [0.25, 0.3) is 11.4 Å². The predicted octanol–water partition coefficient (Wildman–Crippen LogP) is 5.12. The lowest BCUT2D eigenvalue weighted by Gasteiger charge is -2.10. The molecule has 4 rings (SSSR count). The number of aromatic nitrogens is 3. The van der Waals surface area contributed by atoms with E-state index >= 15 is 0 Å². The molecule has 0 radical (unpaired) electrons. The molecule has 1 N–H and O–H groups in total. The Morgan fingerprint density at radius 1 is 1.22 bits per heavy atom. The number of anilines is 1. The van der Waals surface area contributed by atoms with Crippen LogP contribution in [0.5, 0.6) is 5.75 Å². The maximum atomic E-state index is 13.9. The van der Waals surface area contributed by atoms with Gasteiger partial charge >= 0.3 is 0 Å². The molecule has 0 unspecified atom stereocenters. The van der Waals surface area contributed by atoms with Gasteiger partial charge in [-0.05, 0) is 54.6 Å². The number of carbonyl (C=O) groups is 1. The van der Waals surface area contributed by atoms with Crippen LogP contribution >= 0.6 is 23.4 Å². The summed E-state index contributed by atoms with van der Waals surface area (Å²) in [5.74, 6) is 1.10. The van der Waals surface area contributed by atoms with Crippen molar-refractivity contribution in [1.82, 2.24) is 14.8 Å². The van der Waals surface area contributed by atoms with Crippen molar-refractivity contribution in [3.63, 3.8) is 0 Å². The molecule has 2 heterocycles. The first-order chi connectivity index (χ1) is 15.5. The highest BCUT2D eigenvalue weighted by Crippen LogP contribution is 2.27. The molecule has 0 aliphatic heterocycles. The summed E-state index contributed by atoms with van der Waals surface area (Å²) < 4.78 is 26.5. The normalized spacial score (nSPS) is 10.8. The van der Waals surface area contributed by atoms with Crippen molar-refractivity contribution in [3.05, 3.63) is 77.5 Å². The summed E-state index contributed by atoms with van der Waals surface area (Å²) in [6.45, 7) is 0.386. The highest BCUT2D eigenvalue weighted by atomic mass is 35.5. The third-order valence-corrected chi connectivity index (χ3v) is 5.70. The number of nitrogens with zero attached hydrogens (tertiary/aromatic N) is 3. The Hall–Kier alpha value is -3.30. The molecule has 0 bridgehead atoms. The average molecular weight is 473 g/mol. The Kier molecular flexibility index (Phi) is 6.77. The molecular weight excluding hydrogens is 455 g/mol. The number of halogens is 2. The van der Waals surface area contributed by atoms with Crippen LogP contribution in [0.15, 0.2) is 70.4 Å². The highest BCUT2D eigenvalue weighted by Gasteiger charge is 2.18. The van der Waals surface area contributed by atoms with E-state index in [0.29, 0.717) is 23.3 Å². The smallest absolute Gasteiger partial charge is 0.234 e. The van der Waals surface area contributed by atoms with Gasteiger partial charge in [-0.25, -0.2) is 4.39 Å². The van der Waals surface area contributed by atoms with Gasteiger partial charge in [0.15, 0.2) is 11.0 Å². The zero-order chi connectivity index (χ0) is 22.5. The van der Waals surface area contributed by atoms with E-state index < -0.39 is 5.82 Å². The topological polar surface area (TPSA) is 82.2 Å².